The Hall–Kier alpha value is -2.24. The summed E-state index contributed by atoms with van der Waals surface area (Å²) >= 11 is 0. The van der Waals surface area contributed by atoms with Crippen molar-refractivity contribution in [3.63, 3.8) is 0 Å². The van der Waals surface area contributed by atoms with Gasteiger partial charge in [0.25, 0.3) is 0 Å². The molecule has 1 amide bonds. The highest BCUT2D eigenvalue weighted by molar-refractivity contribution is 5.98. The molecule has 0 bridgehead atoms. The molecule has 1 N–H and O–H groups in total. The number of rotatable bonds is 6. The predicted molar refractivity (Wildman–Crippen MR) is 94.7 cm³/mol. The van der Waals surface area contributed by atoms with Crippen LogP contribution in [0.1, 0.15) is 38.2 Å². The van der Waals surface area contributed by atoms with Crippen LogP contribution < -0.4 is 10.1 Å². The smallest absolute Gasteiger partial charge is 0.248 e. The van der Waals surface area contributed by atoms with Crippen LogP contribution in [0.3, 0.4) is 0 Å². The third-order valence-electron chi connectivity index (χ3n) is 4.56. The molecule has 1 heterocycles. The Balaban J connectivity index is 2.05. The number of nitrogens with one attached hydrogen (secondary N) is 1. The van der Waals surface area contributed by atoms with E-state index in [9.17, 15) is 13.6 Å². The number of halogens is 2. The molecule has 1 aliphatic rings. The Morgan fingerprint density at radius 3 is 2.64 bits per heavy atom. The molecule has 1 aliphatic carbocycles. The number of pyridine rings is 1. The number of carbonyl (C=O) groups is 1. The van der Waals surface area contributed by atoms with Gasteiger partial charge >= 0.3 is 0 Å². The Morgan fingerprint density at radius 2 is 2.08 bits per heavy atom. The number of methoxy groups -OCH3 is 1. The highest BCUT2D eigenvalue weighted by Gasteiger charge is 2.36. The van der Waals surface area contributed by atoms with E-state index in [1.165, 1.54) is 19.4 Å². The maximum absolute atomic E-state index is 13.4. The standard InChI is InChI=1S/C19H24F2N2O2/c1-4-17(24)23-16-11-14(18(25-3)22-12-16)8-5-13-6-9-15(10-7-13)19(2,20)21/h4-5,8,11-13,15H,1,6-7,9-10H2,2-3H3,(H,23,24)/b8-5+. The first-order valence-corrected chi connectivity index (χ1v) is 8.37. The summed E-state index contributed by atoms with van der Waals surface area (Å²) in [4.78, 5) is 15.6. The third kappa shape index (κ3) is 5.37. The second-order valence-corrected chi connectivity index (χ2v) is 6.44. The summed E-state index contributed by atoms with van der Waals surface area (Å²) in [6, 6.07) is 1.76. The van der Waals surface area contributed by atoms with Crippen molar-refractivity contribution >= 4 is 17.7 Å². The first-order valence-electron chi connectivity index (χ1n) is 8.37. The molecule has 2 rings (SSSR count). The number of alkyl halides is 2. The molecule has 0 saturated heterocycles. The molecule has 0 aromatic carbocycles. The molecule has 25 heavy (non-hydrogen) atoms. The lowest BCUT2D eigenvalue weighted by molar-refractivity contribution is -0.111. The van der Waals surface area contributed by atoms with Crippen LogP contribution in [0.5, 0.6) is 5.88 Å². The van der Waals surface area contributed by atoms with Crippen molar-refractivity contribution in [3.8, 4) is 5.88 Å². The Bertz CT molecular complexity index is 645. The van der Waals surface area contributed by atoms with Gasteiger partial charge in [0.2, 0.25) is 17.7 Å². The minimum Gasteiger partial charge on any atom is -0.481 e. The topological polar surface area (TPSA) is 51.2 Å². The molecule has 0 unspecified atom stereocenters. The fraction of sp³-hybridized carbons (Fsp3) is 0.474. The molecule has 0 aliphatic heterocycles. The predicted octanol–water partition coefficient (Wildman–Crippen LogP) is 4.69. The first kappa shape index (κ1) is 19.1. The lowest BCUT2D eigenvalue weighted by Crippen LogP contribution is -2.28. The molecular formula is C19H24F2N2O2. The summed E-state index contributed by atoms with van der Waals surface area (Å²) in [5.74, 6) is -2.73. The van der Waals surface area contributed by atoms with Crippen molar-refractivity contribution in [3.05, 3.63) is 36.6 Å². The number of ether oxygens (including phenoxy) is 1. The van der Waals surface area contributed by atoms with Crippen molar-refractivity contribution in [1.29, 1.82) is 0 Å². The summed E-state index contributed by atoms with van der Waals surface area (Å²) in [6.45, 7) is 4.42. The van der Waals surface area contributed by atoms with Crippen LogP contribution in [0.25, 0.3) is 6.08 Å². The van der Waals surface area contributed by atoms with Crippen LogP contribution >= 0.6 is 0 Å². The molecule has 136 valence electrons. The number of allylic oxidation sites excluding steroid dienone is 1. The van der Waals surface area contributed by atoms with E-state index in [2.05, 4.69) is 16.9 Å². The molecule has 1 aromatic heterocycles. The molecule has 6 heteroatoms. The van der Waals surface area contributed by atoms with E-state index in [-0.39, 0.29) is 11.8 Å². The lowest BCUT2D eigenvalue weighted by atomic mass is 9.79. The van der Waals surface area contributed by atoms with Gasteiger partial charge in [-0.3, -0.25) is 4.79 Å². The van der Waals surface area contributed by atoms with Crippen LogP contribution in [0.15, 0.2) is 31.0 Å². The number of nitrogens with zero attached hydrogens (tertiary/aromatic N) is 1. The van der Waals surface area contributed by atoms with Gasteiger partial charge in [0.15, 0.2) is 0 Å². The van der Waals surface area contributed by atoms with Gasteiger partial charge in [0.1, 0.15) is 0 Å². The average Bonchev–Trinajstić information content (AvgIpc) is 2.59. The van der Waals surface area contributed by atoms with Crippen LogP contribution in [0.4, 0.5) is 14.5 Å². The highest BCUT2D eigenvalue weighted by Crippen LogP contribution is 2.39. The molecule has 4 nitrogen and oxygen atoms in total. The maximum atomic E-state index is 13.4. The van der Waals surface area contributed by atoms with E-state index >= 15 is 0 Å². The zero-order chi connectivity index (χ0) is 18.4. The van der Waals surface area contributed by atoms with Crippen molar-refractivity contribution in [2.75, 3.05) is 12.4 Å². The molecule has 0 radical (unpaired) electrons. The summed E-state index contributed by atoms with van der Waals surface area (Å²) in [5.41, 5.74) is 1.27. The van der Waals surface area contributed by atoms with E-state index in [4.69, 9.17) is 4.74 Å². The number of hydrogen-bond donors (Lipinski definition) is 1. The Kier molecular flexibility index (Phi) is 6.28. The van der Waals surface area contributed by atoms with Crippen molar-refractivity contribution in [2.45, 2.75) is 38.5 Å². The van der Waals surface area contributed by atoms with E-state index in [1.807, 2.05) is 12.2 Å². The number of anilines is 1. The first-order chi connectivity index (χ1) is 11.8. The van der Waals surface area contributed by atoms with Crippen LogP contribution in [0, 0.1) is 11.8 Å². The van der Waals surface area contributed by atoms with E-state index < -0.39 is 11.8 Å². The number of amides is 1. The summed E-state index contributed by atoms with van der Waals surface area (Å²) in [7, 11) is 1.52. The minimum absolute atomic E-state index is 0.259. The molecule has 0 spiro atoms. The van der Waals surface area contributed by atoms with Gasteiger partial charge in [-0.05, 0) is 50.7 Å². The monoisotopic (exact) mass is 350 g/mol. The molecular weight excluding hydrogens is 326 g/mol. The summed E-state index contributed by atoms with van der Waals surface area (Å²) in [5, 5.41) is 2.65. The van der Waals surface area contributed by atoms with Crippen LogP contribution in [-0.2, 0) is 4.79 Å². The Morgan fingerprint density at radius 1 is 1.40 bits per heavy atom. The fourth-order valence-corrected chi connectivity index (χ4v) is 3.08. The summed E-state index contributed by atoms with van der Waals surface area (Å²) in [6.07, 6.45) is 9.13. The van der Waals surface area contributed by atoms with Gasteiger partial charge in [-0.15, -0.1) is 0 Å². The van der Waals surface area contributed by atoms with Gasteiger partial charge in [-0.1, -0.05) is 18.7 Å². The third-order valence-corrected chi connectivity index (χ3v) is 4.56. The van der Waals surface area contributed by atoms with E-state index in [1.54, 1.807) is 6.07 Å². The largest absolute Gasteiger partial charge is 0.481 e. The summed E-state index contributed by atoms with van der Waals surface area (Å²) < 4.78 is 32.0. The SMILES string of the molecule is C=CC(=O)Nc1cnc(OC)c(/C=C/C2CCC(C(C)(F)F)CC2)c1. The molecule has 0 atom stereocenters. The number of aromatic nitrogens is 1. The molecule has 1 fully saturated rings. The van der Waals surface area contributed by atoms with Gasteiger partial charge in [-0.25, -0.2) is 13.8 Å². The lowest BCUT2D eigenvalue weighted by Gasteiger charge is -2.30. The second kappa shape index (κ2) is 8.23. The van der Waals surface area contributed by atoms with Gasteiger partial charge in [-0.2, -0.15) is 0 Å². The quantitative estimate of drug-likeness (QED) is 0.757. The number of carbonyl (C=O) groups excluding carboxylic acids is 1. The Labute approximate surface area is 147 Å². The second-order valence-electron chi connectivity index (χ2n) is 6.44. The molecule has 1 saturated carbocycles. The minimum atomic E-state index is -2.60. The van der Waals surface area contributed by atoms with E-state index in [0.717, 1.165) is 25.3 Å². The van der Waals surface area contributed by atoms with Crippen molar-refractivity contribution in [2.24, 2.45) is 11.8 Å². The van der Waals surface area contributed by atoms with Gasteiger partial charge in [0.05, 0.1) is 19.0 Å². The zero-order valence-corrected chi connectivity index (χ0v) is 14.6. The maximum Gasteiger partial charge on any atom is 0.248 e. The highest BCUT2D eigenvalue weighted by atomic mass is 19.3. The van der Waals surface area contributed by atoms with Crippen LogP contribution in [0.2, 0.25) is 0 Å². The van der Waals surface area contributed by atoms with Crippen molar-refractivity contribution < 1.29 is 18.3 Å². The zero-order valence-electron chi connectivity index (χ0n) is 14.6. The van der Waals surface area contributed by atoms with Gasteiger partial charge in [0, 0.05) is 11.5 Å². The van der Waals surface area contributed by atoms with Gasteiger partial charge < -0.3 is 10.1 Å². The van der Waals surface area contributed by atoms with Crippen LogP contribution in [-0.4, -0.2) is 23.9 Å². The average molecular weight is 350 g/mol. The normalized spacial score (nSPS) is 21.1. The molecule has 1 aromatic rings. The van der Waals surface area contributed by atoms with E-state index in [0.29, 0.717) is 24.4 Å². The number of hydrogen-bond acceptors (Lipinski definition) is 3. The van der Waals surface area contributed by atoms with Crippen molar-refractivity contribution in [1.82, 2.24) is 4.98 Å². The fourth-order valence-electron chi connectivity index (χ4n) is 3.08.